The number of halogens is 3. The van der Waals surface area contributed by atoms with Crippen LogP contribution in [0.4, 0.5) is 18.0 Å². The molecule has 1 N–H and O–H groups in total. The zero-order chi connectivity index (χ0) is 22.2. The van der Waals surface area contributed by atoms with Gasteiger partial charge in [-0.1, -0.05) is 0 Å². The third kappa shape index (κ3) is 5.39. The summed E-state index contributed by atoms with van der Waals surface area (Å²) in [6.07, 6.45) is -1.06. The summed E-state index contributed by atoms with van der Waals surface area (Å²) in [4.78, 5) is 25.7. The smallest absolute Gasteiger partial charge is 0.444 e. The van der Waals surface area contributed by atoms with Gasteiger partial charge in [-0.25, -0.2) is 4.79 Å². The van der Waals surface area contributed by atoms with Gasteiger partial charge in [0.05, 0.1) is 12.7 Å². The predicted molar refractivity (Wildman–Crippen MR) is 90.8 cm³/mol. The van der Waals surface area contributed by atoms with Crippen LogP contribution in [-0.2, 0) is 28.6 Å². The summed E-state index contributed by atoms with van der Waals surface area (Å²) in [5, 5.41) is 9.25. The lowest BCUT2D eigenvalue weighted by Crippen LogP contribution is -2.48. The van der Waals surface area contributed by atoms with Crippen LogP contribution in [0.5, 0.6) is 0 Å². The Balaban J connectivity index is 2.32. The number of aliphatic hydroxyl groups is 1. The van der Waals surface area contributed by atoms with E-state index in [9.17, 15) is 36.3 Å². The minimum Gasteiger partial charge on any atom is -0.444 e. The summed E-state index contributed by atoms with van der Waals surface area (Å²) < 4.78 is 75.2. The Morgan fingerprint density at radius 3 is 2.45 bits per heavy atom. The predicted octanol–water partition coefficient (Wildman–Crippen LogP) is 1.32. The van der Waals surface area contributed by atoms with E-state index in [1.165, 1.54) is 0 Å². The second-order valence-corrected chi connectivity index (χ2v) is 9.11. The van der Waals surface area contributed by atoms with Crippen LogP contribution >= 0.6 is 0 Å². The number of ketones is 1. The fourth-order valence-corrected chi connectivity index (χ4v) is 3.57. The number of likely N-dealkylation sites (tertiary alicyclic amines) is 1. The van der Waals surface area contributed by atoms with Crippen molar-refractivity contribution in [1.29, 1.82) is 0 Å². The van der Waals surface area contributed by atoms with Crippen molar-refractivity contribution in [2.24, 2.45) is 5.92 Å². The lowest BCUT2D eigenvalue weighted by Gasteiger charge is -2.29. The molecule has 0 aromatic rings. The highest BCUT2D eigenvalue weighted by Crippen LogP contribution is 2.35. The summed E-state index contributed by atoms with van der Waals surface area (Å²) in [7, 11) is -5.87. The standard InChI is InChI=1S/C16H22F3NO8S/c1-15(2,3)27-14(23)20-7-9-6-10(28-29(24,25)16(17,18)19)4-5-26-13(9)12(20)11(22)8-21/h6,9,12-13,21H,4-5,7-8H2,1-3H3/t9-,12+,13+/m0/s1. The number of aliphatic hydroxyl groups excluding tert-OH is 1. The van der Waals surface area contributed by atoms with E-state index in [4.69, 9.17) is 9.47 Å². The summed E-state index contributed by atoms with van der Waals surface area (Å²) in [6.45, 7) is 3.46. The molecule has 2 rings (SSSR count). The molecular weight excluding hydrogens is 423 g/mol. The van der Waals surface area contributed by atoms with Crippen LogP contribution in [-0.4, -0.2) is 73.3 Å². The second kappa shape index (κ2) is 8.11. The number of nitrogens with zero attached hydrogens (tertiary/aromatic N) is 1. The van der Waals surface area contributed by atoms with Crippen molar-refractivity contribution in [3.8, 4) is 0 Å². The Morgan fingerprint density at radius 2 is 1.93 bits per heavy atom. The number of alkyl halides is 3. The van der Waals surface area contributed by atoms with E-state index >= 15 is 0 Å². The quantitative estimate of drug-likeness (QED) is 0.508. The maximum Gasteiger partial charge on any atom is 0.534 e. The molecule has 3 atom stereocenters. The molecule has 0 unspecified atom stereocenters. The molecule has 0 aromatic heterocycles. The molecule has 0 radical (unpaired) electrons. The minimum absolute atomic E-state index is 0.199. The first-order valence-corrected chi connectivity index (χ1v) is 10.0. The molecule has 2 heterocycles. The van der Waals surface area contributed by atoms with E-state index in [1.54, 1.807) is 20.8 Å². The monoisotopic (exact) mass is 445 g/mol. The number of fused-ring (bicyclic) bond motifs is 1. The van der Waals surface area contributed by atoms with E-state index in [0.29, 0.717) is 0 Å². The highest BCUT2D eigenvalue weighted by molar-refractivity contribution is 7.87. The first kappa shape index (κ1) is 23.4. The van der Waals surface area contributed by atoms with Gasteiger partial charge in [0.15, 0.2) is 5.78 Å². The molecule has 1 amide bonds. The number of carbonyl (C=O) groups excluding carboxylic acids is 2. The number of hydrogen-bond acceptors (Lipinski definition) is 8. The van der Waals surface area contributed by atoms with Crippen molar-refractivity contribution in [1.82, 2.24) is 4.90 Å². The van der Waals surface area contributed by atoms with Gasteiger partial charge in [-0.05, 0) is 26.8 Å². The molecule has 1 fully saturated rings. The molecule has 29 heavy (non-hydrogen) atoms. The average Bonchev–Trinajstić information content (AvgIpc) is 2.78. The van der Waals surface area contributed by atoms with Crippen LogP contribution < -0.4 is 0 Å². The molecule has 0 spiro atoms. The summed E-state index contributed by atoms with van der Waals surface area (Å²) in [6, 6.07) is -1.24. The molecule has 2 aliphatic heterocycles. The van der Waals surface area contributed by atoms with E-state index in [2.05, 4.69) is 4.18 Å². The fraction of sp³-hybridized carbons (Fsp3) is 0.750. The second-order valence-electron chi connectivity index (χ2n) is 7.57. The number of Topliss-reactive ketones (excluding diaryl/α,β-unsaturated/α-hetero) is 1. The van der Waals surface area contributed by atoms with Crippen molar-refractivity contribution in [3.63, 3.8) is 0 Å². The Bertz CT molecular complexity index is 787. The lowest BCUT2D eigenvalue weighted by atomic mass is 9.99. The number of ether oxygens (including phenoxy) is 2. The van der Waals surface area contributed by atoms with Gasteiger partial charge in [-0.2, -0.15) is 21.6 Å². The van der Waals surface area contributed by atoms with Crippen LogP contribution in [0.25, 0.3) is 0 Å². The van der Waals surface area contributed by atoms with Crippen LogP contribution in [0.1, 0.15) is 27.2 Å². The van der Waals surface area contributed by atoms with Gasteiger partial charge in [0.25, 0.3) is 0 Å². The topological polar surface area (TPSA) is 119 Å². The van der Waals surface area contributed by atoms with Gasteiger partial charge in [0, 0.05) is 18.9 Å². The van der Waals surface area contributed by atoms with Crippen molar-refractivity contribution in [3.05, 3.63) is 11.8 Å². The molecule has 0 bridgehead atoms. The highest BCUT2D eigenvalue weighted by atomic mass is 32.2. The molecule has 166 valence electrons. The first-order valence-electron chi connectivity index (χ1n) is 8.62. The van der Waals surface area contributed by atoms with Crippen LogP contribution in [0.2, 0.25) is 0 Å². The molecule has 1 saturated heterocycles. The van der Waals surface area contributed by atoms with Gasteiger partial charge >= 0.3 is 21.7 Å². The summed E-state index contributed by atoms with van der Waals surface area (Å²) in [5.41, 5.74) is -6.49. The zero-order valence-corrected chi connectivity index (χ0v) is 16.7. The van der Waals surface area contributed by atoms with E-state index in [0.717, 1.165) is 11.0 Å². The van der Waals surface area contributed by atoms with Crippen molar-refractivity contribution in [2.45, 2.75) is 50.4 Å². The van der Waals surface area contributed by atoms with Crippen molar-refractivity contribution < 1.29 is 49.9 Å². The average molecular weight is 445 g/mol. The van der Waals surface area contributed by atoms with E-state index < -0.39 is 63.5 Å². The van der Waals surface area contributed by atoms with Crippen LogP contribution in [0, 0.1) is 5.92 Å². The molecule has 9 nitrogen and oxygen atoms in total. The van der Waals surface area contributed by atoms with Gasteiger partial charge in [0.1, 0.15) is 24.0 Å². The number of rotatable bonds is 4. The molecule has 0 aliphatic carbocycles. The van der Waals surface area contributed by atoms with E-state index in [1.807, 2.05) is 0 Å². The zero-order valence-electron chi connectivity index (χ0n) is 15.9. The van der Waals surface area contributed by atoms with E-state index in [-0.39, 0.29) is 19.6 Å². The summed E-state index contributed by atoms with van der Waals surface area (Å²) >= 11 is 0. The van der Waals surface area contributed by atoms with Gasteiger partial charge < -0.3 is 18.8 Å². The minimum atomic E-state index is -5.87. The van der Waals surface area contributed by atoms with Crippen LogP contribution in [0.3, 0.4) is 0 Å². The molecular formula is C16H22F3NO8S. The van der Waals surface area contributed by atoms with Gasteiger partial charge in [-0.15, -0.1) is 0 Å². The maximum absolute atomic E-state index is 12.6. The van der Waals surface area contributed by atoms with Gasteiger partial charge in [0.2, 0.25) is 0 Å². The number of amides is 1. The fourth-order valence-electron chi connectivity index (χ4n) is 3.05. The molecule has 13 heteroatoms. The maximum atomic E-state index is 12.6. The number of carbonyl (C=O) groups is 2. The molecule has 0 saturated carbocycles. The first-order chi connectivity index (χ1) is 13.2. The number of hydrogen-bond donors (Lipinski definition) is 1. The van der Waals surface area contributed by atoms with Crippen molar-refractivity contribution >= 4 is 22.0 Å². The SMILES string of the molecule is CC(C)(C)OC(=O)N1C[C@@H]2C=C(OS(=O)(=O)C(F)(F)F)CCO[C@H]2[C@H]1C(=O)CO. The Hall–Kier alpha value is -1.86. The molecule has 2 aliphatic rings. The Kier molecular flexibility index (Phi) is 6.55. The largest absolute Gasteiger partial charge is 0.534 e. The Labute approximate surface area is 165 Å². The lowest BCUT2D eigenvalue weighted by molar-refractivity contribution is -0.130. The third-order valence-electron chi connectivity index (χ3n) is 4.15. The van der Waals surface area contributed by atoms with Crippen molar-refractivity contribution in [2.75, 3.05) is 19.8 Å². The summed E-state index contributed by atoms with van der Waals surface area (Å²) in [5.74, 6) is -2.09. The molecule has 0 aromatic carbocycles. The Morgan fingerprint density at radius 1 is 1.31 bits per heavy atom. The van der Waals surface area contributed by atoms with Crippen LogP contribution in [0.15, 0.2) is 11.8 Å². The van der Waals surface area contributed by atoms with Gasteiger partial charge in [-0.3, -0.25) is 9.69 Å². The highest BCUT2D eigenvalue weighted by Gasteiger charge is 2.51. The normalized spacial score (nSPS) is 25.7. The third-order valence-corrected chi connectivity index (χ3v) is 5.15.